The van der Waals surface area contributed by atoms with Crippen LogP contribution in [0.15, 0.2) is 17.8 Å². The molecule has 0 aliphatic heterocycles. The number of hydrogen-bond donors (Lipinski definition) is 1. The van der Waals surface area contributed by atoms with E-state index < -0.39 is 5.97 Å². The van der Waals surface area contributed by atoms with E-state index in [4.69, 9.17) is 0 Å². The Kier molecular flexibility index (Phi) is 5.85. The van der Waals surface area contributed by atoms with Crippen molar-refractivity contribution in [1.29, 1.82) is 0 Å². The molecule has 0 bridgehead atoms. The normalized spacial score (nSPS) is 9.83. The highest BCUT2D eigenvalue weighted by Crippen LogP contribution is 2.12. The maximum atomic E-state index is 11.3. The van der Waals surface area contributed by atoms with Crippen LogP contribution in [-0.4, -0.2) is 51.5 Å². The zero-order valence-corrected chi connectivity index (χ0v) is 10.6. The first-order valence-corrected chi connectivity index (χ1v) is 5.99. The predicted octanol–water partition coefficient (Wildman–Crippen LogP) is -0.760. The number of carbonyl (C=O) groups is 2. The second-order valence-electron chi connectivity index (χ2n) is 3.08. The Balaban J connectivity index is 2.47. The monoisotopic (exact) mass is 271 g/mol. The van der Waals surface area contributed by atoms with E-state index in [2.05, 4.69) is 32.2 Å². The summed E-state index contributed by atoms with van der Waals surface area (Å²) in [7, 11) is 1.28. The zero-order valence-electron chi connectivity index (χ0n) is 9.83. The van der Waals surface area contributed by atoms with Gasteiger partial charge >= 0.3 is 5.97 Å². The number of nitrogens with zero attached hydrogens (tertiary/aromatic N) is 4. The average Bonchev–Trinajstić information content (AvgIpc) is 2.81. The number of thioether (sulfide) groups is 1. The van der Waals surface area contributed by atoms with Gasteiger partial charge in [0.1, 0.15) is 6.54 Å². The van der Waals surface area contributed by atoms with E-state index in [1.165, 1.54) is 11.8 Å². The van der Waals surface area contributed by atoms with Crippen molar-refractivity contribution in [1.82, 2.24) is 25.5 Å². The van der Waals surface area contributed by atoms with Gasteiger partial charge < -0.3 is 10.1 Å². The van der Waals surface area contributed by atoms with Crippen LogP contribution in [0.3, 0.4) is 0 Å². The van der Waals surface area contributed by atoms with Gasteiger partial charge in [-0.3, -0.25) is 9.59 Å². The molecule has 1 aromatic rings. The molecular formula is C9H13N5O3S. The van der Waals surface area contributed by atoms with Gasteiger partial charge in [-0.1, -0.05) is 17.8 Å². The van der Waals surface area contributed by atoms with E-state index in [0.717, 1.165) is 11.8 Å². The molecule has 1 rings (SSSR count). The fourth-order valence-corrected chi connectivity index (χ4v) is 1.66. The van der Waals surface area contributed by atoms with Gasteiger partial charge in [0.25, 0.3) is 0 Å². The van der Waals surface area contributed by atoms with Gasteiger partial charge in [-0.25, -0.2) is 4.68 Å². The van der Waals surface area contributed by atoms with Crippen molar-refractivity contribution < 1.29 is 14.3 Å². The van der Waals surface area contributed by atoms with Gasteiger partial charge in [0, 0.05) is 6.54 Å². The van der Waals surface area contributed by atoms with Gasteiger partial charge in [0.15, 0.2) is 0 Å². The summed E-state index contributed by atoms with van der Waals surface area (Å²) in [4.78, 5) is 22.4. The van der Waals surface area contributed by atoms with Crippen molar-refractivity contribution in [3.05, 3.63) is 12.7 Å². The molecule has 9 heteroatoms. The van der Waals surface area contributed by atoms with Crippen LogP contribution in [0.2, 0.25) is 0 Å². The lowest BCUT2D eigenvalue weighted by molar-refractivity contribution is -0.141. The van der Waals surface area contributed by atoms with Gasteiger partial charge in [-0.15, -0.1) is 11.7 Å². The molecule has 18 heavy (non-hydrogen) atoms. The van der Waals surface area contributed by atoms with E-state index in [9.17, 15) is 9.59 Å². The number of amides is 1. The van der Waals surface area contributed by atoms with E-state index in [1.807, 2.05) is 0 Å². The quantitative estimate of drug-likeness (QED) is 0.395. The molecule has 0 fully saturated rings. The van der Waals surface area contributed by atoms with Gasteiger partial charge in [-0.2, -0.15) is 0 Å². The highest BCUT2D eigenvalue weighted by atomic mass is 32.2. The molecule has 1 heterocycles. The first-order valence-electron chi connectivity index (χ1n) is 5.00. The third-order valence-corrected chi connectivity index (χ3v) is 2.74. The van der Waals surface area contributed by atoms with Crippen molar-refractivity contribution in [2.24, 2.45) is 0 Å². The molecule has 1 amide bonds. The largest absolute Gasteiger partial charge is 0.468 e. The minimum atomic E-state index is -0.458. The molecule has 98 valence electrons. The van der Waals surface area contributed by atoms with E-state index >= 15 is 0 Å². The number of aromatic nitrogens is 4. The van der Waals surface area contributed by atoms with Gasteiger partial charge in [-0.05, 0) is 10.4 Å². The summed E-state index contributed by atoms with van der Waals surface area (Å²) < 4.78 is 5.78. The van der Waals surface area contributed by atoms with Crippen molar-refractivity contribution in [3.8, 4) is 0 Å². The van der Waals surface area contributed by atoms with Gasteiger partial charge in [0.05, 0.1) is 12.9 Å². The number of ether oxygens (including phenoxy) is 1. The Hall–Kier alpha value is -1.90. The highest BCUT2D eigenvalue weighted by molar-refractivity contribution is 7.99. The minimum Gasteiger partial charge on any atom is -0.468 e. The Labute approximate surface area is 108 Å². The van der Waals surface area contributed by atoms with Crippen molar-refractivity contribution in [2.45, 2.75) is 11.7 Å². The topological polar surface area (TPSA) is 99.0 Å². The number of nitrogens with one attached hydrogen (secondary N) is 1. The number of tetrazole rings is 1. The highest BCUT2D eigenvalue weighted by Gasteiger charge is 2.12. The van der Waals surface area contributed by atoms with Crippen LogP contribution in [0.1, 0.15) is 0 Å². The van der Waals surface area contributed by atoms with E-state index in [-0.39, 0.29) is 18.2 Å². The molecule has 0 unspecified atom stereocenters. The number of hydrogen-bond acceptors (Lipinski definition) is 7. The Morgan fingerprint density at radius 3 is 3.06 bits per heavy atom. The summed E-state index contributed by atoms with van der Waals surface area (Å²) in [6.07, 6.45) is 1.59. The Morgan fingerprint density at radius 2 is 2.39 bits per heavy atom. The number of rotatable bonds is 7. The summed E-state index contributed by atoms with van der Waals surface area (Å²) >= 11 is 1.14. The summed E-state index contributed by atoms with van der Waals surface area (Å²) in [6.45, 7) is 3.82. The van der Waals surface area contributed by atoms with E-state index in [1.54, 1.807) is 6.08 Å². The van der Waals surface area contributed by atoms with Crippen LogP contribution in [0, 0.1) is 0 Å². The Morgan fingerprint density at radius 1 is 1.61 bits per heavy atom. The molecule has 0 spiro atoms. The smallest absolute Gasteiger partial charge is 0.327 e. The zero-order chi connectivity index (χ0) is 13.4. The SMILES string of the molecule is C=CCNC(=O)CSc1nnnn1CC(=O)OC. The molecule has 8 nitrogen and oxygen atoms in total. The molecule has 1 aromatic heterocycles. The molecule has 0 saturated carbocycles. The third kappa shape index (κ3) is 4.53. The van der Waals surface area contributed by atoms with E-state index in [0.29, 0.717) is 11.7 Å². The lowest BCUT2D eigenvalue weighted by atomic mass is 10.6. The fourth-order valence-electron chi connectivity index (χ4n) is 0.953. The molecular weight excluding hydrogens is 258 g/mol. The number of methoxy groups -OCH3 is 1. The van der Waals surface area contributed by atoms with Crippen LogP contribution in [0.4, 0.5) is 0 Å². The molecule has 0 atom stereocenters. The van der Waals surface area contributed by atoms with Crippen LogP contribution in [0.25, 0.3) is 0 Å². The van der Waals surface area contributed by atoms with Crippen molar-refractivity contribution in [3.63, 3.8) is 0 Å². The van der Waals surface area contributed by atoms with Crippen LogP contribution < -0.4 is 5.32 Å². The molecule has 0 aromatic carbocycles. The minimum absolute atomic E-state index is 0.0832. The first-order chi connectivity index (χ1) is 8.67. The van der Waals surface area contributed by atoms with Crippen LogP contribution in [-0.2, 0) is 20.9 Å². The summed E-state index contributed by atoms with van der Waals surface area (Å²) in [6, 6.07) is 0. The molecule has 0 saturated heterocycles. The van der Waals surface area contributed by atoms with Crippen molar-refractivity contribution >= 4 is 23.6 Å². The lowest BCUT2D eigenvalue weighted by Gasteiger charge is -2.03. The standard InChI is InChI=1S/C9H13N5O3S/c1-3-4-10-7(15)6-18-9-11-12-13-14(9)5-8(16)17-2/h3H,1,4-6H2,2H3,(H,10,15). The number of carbonyl (C=O) groups excluding carboxylic acids is 2. The molecule has 0 radical (unpaired) electrons. The predicted molar refractivity (Wildman–Crippen MR) is 63.8 cm³/mol. The Bertz CT molecular complexity index is 434. The van der Waals surface area contributed by atoms with Gasteiger partial charge in [0.2, 0.25) is 11.1 Å². The third-order valence-electron chi connectivity index (χ3n) is 1.78. The van der Waals surface area contributed by atoms with Crippen LogP contribution in [0.5, 0.6) is 0 Å². The number of esters is 1. The maximum absolute atomic E-state index is 11.3. The maximum Gasteiger partial charge on any atom is 0.327 e. The summed E-state index contributed by atoms with van der Waals surface area (Å²) in [5.41, 5.74) is 0. The van der Waals surface area contributed by atoms with Crippen LogP contribution >= 0.6 is 11.8 Å². The second kappa shape index (κ2) is 7.43. The first kappa shape index (κ1) is 14.2. The molecule has 1 N–H and O–H groups in total. The van der Waals surface area contributed by atoms with Crippen molar-refractivity contribution in [2.75, 3.05) is 19.4 Å². The summed E-state index contributed by atoms with van der Waals surface area (Å²) in [5.74, 6) is -0.456. The fraction of sp³-hybridized carbons (Fsp3) is 0.444. The summed E-state index contributed by atoms with van der Waals surface area (Å²) in [5, 5.41) is 13.8. The second-order valence-corrected chi connectivity index (χ2v) is 4.02. The molecule has 0 aliphatic carbocycles. The average molecular weight is 271 g/mol. The molecule has 0 aliphatic rings. The lowest BCUT2D eigenvalue weighted by Crippen LogP contribution is -2.25.